The number of anilines is 1. The number of aromatic carboxylic acids is 1. The maximum atomic E-state index is 11.3. The summed E-state index contributed by atoms with van der Waals surface area (Å²) in [4.78, 5) is 26.6. The molecule has 0 fully saturated rings. The third kappa shape index (κ3) is 3.10. The van der Waals surface area contributed by atoms with Crippen LogP contribution in [0.3, 0.4) is 0 Å². The molecule has 2 rings (SSSR count). The van der Waals surface area contributed by atoms with Crippen LogP contribution in [0.2, 0.25) is 0 Å². The lowest BCUT2D eigenvalue weighted by atomic mass is 9.93. The molecule has 1 heterocycles. The van der Waals surface area contributed by atoms with E-state index in [9.17, 15) is 9.59 Å². The van der Waals surface area contributed by atoms with Crippen molar-refractivity contribution in [2.45, 2.75) is 13.8 Å². The molecule has 0 unspecified atom stereocenters. The Morgan fingerprint density at radius 3 is 2.62 bits per heavy atom. The van der Waals surface area contributed by atoms with E-state index < -0.39 is 17.3 Å². The number of nitrogens with two attached hydrogens (primary N) is 1. The van der Waals surface area contributed by atoms with Crippen LogP contribution in [0, 0.1) is 5.41 Å². The molecule has 4 N–H and O–H groups in total. The Bertz CT molecular complexity index is 710. The van der Waals surface area contributed by atoms with Gasteiger partial charge in [0.05, 0.1) is 5.41 Å². The Labute approximate surface area is 122 Å². The average molecular weight is 287 g/mol. The van der Waals surface area contributed by atoms with E-state index in [0.29, 0.717) is 5.82 Å². The van der Waals surface area contributed by atoms with Crippen molar-refractivity contribution in [3.63, 3.8) is 0 Å². The molecule has 0 saturated carbocycles. The summed E-state index contributed by atoms with van der Waals surface area (Å²) >= 11 is 0. The Morgan fingerprint density at radius 2 is 2.00 bits per heavy atom. The number of amides is 1. The molecule has 0 aliphatic rings. The van der Waals surface area contributed by atoms with Gasteiger partial charge in [-0.3, -0.25) is 4.79 Å². The molecule has 1 amide bonds. The second kappa shape index (κ2) is 5.40. The summed E-state index contributed by atoms with van der Waals surface area (Å²) < 4.78 is 0. The molecule has 0 aliphatic carbocycles. The van der Waals surface area contributed by atoms with Crippen molar-refractivity contribution in [2.75, 3.05) is 11.9 Å². The van der Waals surface area contributed by atoms with Crippen molar-refractivity contribution in [2.24, 2.45) is 11.1 Å². The molecule has 0 bridgehead atoms. The van der Waals surface area contributed by atoms with E-state index in [0.717, 1.165) is 10.8 Å². The zero-order valence-electron chi connectivity index (χ0n) is 11.9. The smallest absolute Gasteiger partial charge is 0.354 e. The zero-order valence-corrected chi connectivity index (χ0v) is 11.9. The Kier molecular flexibility index (Phi) is 3.80. The molecule has 6 nitrogen and oxygen atoms in total. The summed E-state index contributed by atoms with van der Waals surface area (Å²) in [5.74, 6) is -1.11. The van der Waals surface area contributed by atoms with E-state index in [1.807, 2.05) is 24.3 Å². The van der Waals surface area contributed by atoms with Gasteiger partial charge in [-0.05, 0) is 25.3 Å². The minimum Gasteiger partial charge on any atom is -0.477 e. The summed E-state index contributed by atoms with van der Waals surface area (Å²) in [6, 6.07) is 8.84. The number of benzene rings is 1. The SMILES string of the molecule is CC(C)(CNc1nc(C(=O)O)cc2ccccc12)C(N)=O. The number of carboxylic acids is 1. The molecule has 110 valence electrons. The first-order valence-electron chi connectivity index (χ1n) is 6.48. The molecule has 0 aliphatic heterocycles. The fourth-order valence-corrected chi connectivity index (χ4v) is 1.83. The topological polar surface area (TPSA) is 105 Å². The number of fused-ring (bicyclic) bond motifs is 1. The second-order valence-corrected chi connectivity index (χ2v) is 5.48. The van der Waals surface area contributed by atoms with Gasteiger partial charge in [0.2, 0.25) is 5.91 Å². The Balaban J connectivity index is 2.42. The lowest BCUT2D eigenvalue weighted by Gasteiger charge is -2.21. The number of hydrogen-bond donors (Lipinski definition) is 3. The highest BCUT2D eigenvalue weighted by molar-refractivity contribution is 5.97. The van der Waals surface area contributed by atoms with Gasteiger partial charge >= 0.3 is 5.97 Å². The first-order chi connectivity index (χ1) is 9.81. The van der Waals surface area contributed by atoms with Crippen LogP contribution in [-0.4, -0.2) is 28.5 Å². The highest BCUT2D eigenvalue weighted by Crippen LogP contribution is 2.24. The van der Waals surface area contributed by atoms with E-state index in [1.54, 1.807) is 13.8 Å². The van der Waals surface area contributed by atoms with Crippen molar-refractivity contribution in [1.82, 2.24) is 4.98 Å². The van der Waals surface area contributed by atoms with Crippen LogP contribution in [-0.2, 0) is 4.79 Å². The van der Waals surface area contributed by atoms with E-state index >= 15 is 0 Å². The third-order valence-corrected chi connectivity index (χ3v) is 3.32. The van der Waals surface area contributed by atoms with Gasteiger partial charge in [0.1, 0.15) is 5.82 Å². The fourth-order valence-electron chi connectivity index (χ4n) is 1.83. The van der Waals surface area contributed by atoms with Gasteiger partial charge in [-0.1, -0.05) is 24.3 Å². The highest BCUT2D eigenvalue weighted by Gasteiger charge is 2.25. The number of rotatable bonds is 5. The van der Waals surface area contributed by atoms with Crippen LogP contribution in [0.5, 0.6) is 0 Å². The monoisotopic (exact) mass is 287 g/mol. The molecule has 1 aromatic heterocycles. The predicted molar refractivity (Wildman–Crippen MR) is 80.2 cm³/mol. The van der Waals surface area contributed by atoms with Gasteiger partial charge < -0.3 is 16.2 Å². The van der Waals surface area contributed by atoms with E-state index in [4.69, 9.17) is 10.8 Å². The van der Waals surface area contributed by atoms with Gasteiger partial charge in [-0.25, -0.2) is 9.78 Å². The number of pyridine rings is 1. The maximum Gasteiger partial charge on any atom is 0.354 e. The van der Waals surface area contributed by atoms with Crippen LogP contribution >= 0.6 is 0 Å². The van der Waals surface area contributed by atoms with Gasteiger partial charge in [0.15, 0.2) is 5.69 Å². The van der Waals surface area contributed by atoms with Crippen molar-refractivity contribution in [1.29, 1.82) is 0 Å². The summed E-state index contributed by atoms with van der Waals surface area (Å²) in [5, 5.41) is 13.7. The number of carboxylic acid groups (broad SMARTS) is 1. The van der Waals surface area contributed by atoms with Crippen LogP contribution in [0.4, 0.5) is 5.82 Å². The first kappa shape index (κ1) is 14.8. The molecular formula is C15H17N3O3. The first-order valence-corrected chi connectivity index (χ1v) is 6.48. The normalized spacial score (nSPS) is 11.3. The quantitative estimate of drug-likeness (QED) is 0.778. The van der Waals surface area contributed by atoms with Gasteiger partial charge in [0, 0.05) is 11.9 Å². The minimum absolute atomic E-state index is 0.0481. The van der Waals surface area contributed by atoms with Gasteiger partial charge in [-0.2, -0.15) is 0 Å². The van der Waals surface area contributed by atoms with Crippen molar-refractivity contribution in [3.05, 3.63) is 36.0 Å². The number of hydrogen-bond acceptors (Lipinski definition) is 4. The predicted octanol–water partition coefficient (Wildman–Crippen LogP) is 1.86. The lowest BCUT2D eigenvalue weighted by molar-refractivity contribution is -0.125. The number of aromatic nitrogens is 1. The standard InChI is InChI=1S/C15H17N3O3/c1-15(2,14(16)21)8-17-12-10-6-4-3-5-9(10)7-11(18-12)13(19)20/h3-7H,8H2,1-2H3,(H2,16,21)(H,17,18)(H,19,20). The number of carbonyl (C=O) groups excluding carboxylic acids is 1. The van der Waals surface area contributed by atoms with Crippen LogP contribution in [0.1, 0.15) is 24.3 Å². The largest absolute Gasteiger partial charge is 0.477 e. The summed E-state index contributed by atoms with van der Waals surface area (Å²) in [5.41, 5.74) is 4.52. The Morgan fingerprint density at radius 1 is 1.33 bits per heavy atom. The molecule has 6 heteroatoms. The van der Waals surface area contributed by atoms with Gasteiger partial charge in [0.25, 0.3) is 0 Å². The number of carbonyl (C=O) groups is 2. The van der Waals surface area contributed by atoms with Crippen LogP contribution < -0.4 is 11.1 Å². The number of primary amides is 1. The van der Waals surface area contributed by atoms with Crippen LogP contribution in [0.15, 0.2) is 30.3 Å². The molecule has 0 spiro atoms. The van der Waals surface area contributed by atoms with E-state index in [2.05, 4.69) is 10.3 Å². The summed E-state index contributed by atoms with van der Waals surface area (Å²) in [6.07, 6.45) is 0. The fraction of sp³-hybridized carbons (Fsp3) is 0.267. The molecule has 21 heavy (non-hydrogen) atoms. The summed E-state index contributed by atoms with van der Waals surface area (Å²) in [6.45, 7) is 3.69. The Hall–Kier alpha value is -2.63. The average Bonchev–Trinajstić information content (AvgIpc) is 2.44. The summed E-state index contributed by atoms with van der Waals surface area (Å²) in [7, 11) is 0. The maximum absolute atomic E-state index is 11.3. The van der Waals surface area contributed by atoms with Crippen molar-refractivity contribution >= 4 is 28.5 Å². The molecule has 0 radical (unpaired) electrons. The second-order valence-electron chi connectivity index (χ2n) is 5.48. The lowest BCUT2D eigenvalue weighted by Crippen LogP contribution is -2.37. The molecule has 1 aromatic carbocycles. The van der Waals surface area contributed by atoms with Gasteiger partial charge in [-0.15, -0.1) is 0 Å². The van der Waals surface area contributed by atoms with E-state index in [1.165, 1.54) is 6.07 Å². The number of nitrogens with one attached hydrogen (secondary N) is 1. The molecule has 0 saturated heterocycles. The molecule has 2 aromatic rings. The number of nitrogens with zero attached hydrogens (tertiary/aromatic N) is 1. The zero-order chi connectivity index (χ0) is 15.6. The van der Waals surface area contributed by atoms with Crippen LogP contribution in [0.25, 0.3) is 10.8 Å². The van der Waals surface area contributed by atoms with E-state index in [-0.39, 0.29) is 12.2 Å². The molecular weight excluding hydrogens is 270 g/mol. The van der Waals surface area contributed by atoms with Crippen molar-refractivity contribution in [3.8, 4) is 0 Å². The van der Waals surface area contributed by atoms with Crippen molar-refractivity contribution < 1.29 is 14.7 Å². The minimum atomic E-state index is -1.10. The third-order valence-electron chi connectivity index (χ3n) is 3.32. The molecule has 0 atom stereocenters. The highest BCUT2D eigenvalue weighted by atomic mass is 16.4.